The van der Waals surface area contributed by atoms with Crippen LogP contribution in [0.25, 0.3) is 22.2 Å². The van der Waals surface area contributed by atoms with Crippen LogP contribution in [0.2, 0.25) is 0 Å². The van der Waals surface area contributed by atoms with Crippen LogP contribution in [0.3, 0.4) is 0 Å². The molecule has 0 aliphatic rings. The van der Waals surface area contributed by atoms with Gasteiger partial charge in [-0.3, -0.25) is 0 Å². The summed E-state index contributed by atoms with van der Waals surface area (Å²) in [5.74, 6) is 1.47. The molecule has 122 valence electrons. The van der Waals surface area contributed by atoms with E-state index in [2.05, 4.69) is 27.4 Å². The van der Waals surface area contributed by atoms with Gasteiger partial charge in [0.1, 0.15) is 12.1 Å². The van der Waals surface area contributed by atoms with E-state index in [1.54, 1.807) is 24.3 Å². The van der Waals surface area contributed by atoms with Crippen molar-refractivity contribution in [1.29, 1.82) is 0 Å². The summed E-state index contributed by atoms with van der Waals surface area (Å²) in [5, 5.41) is 14.9. The Morgan fingerprint density at radius 1 is 0.960 bits per heavy atom. The molecule has 4 aromatic rings. The molecular weight excluding hydrogens is 312 g/mol. The Hall–Kier alpha value is -3.47. The SMILES string of the molecule is COc1ccc2ccccc2c1/C=N\n1cnnc1-c1ccccc1. The summed E-state index contributed by atoms with van der Waals surface area (Å²) < 4.78 is 7.17. The van der Waals surface area contributed by atoms with E-state index in [1.807, 2.05) is 54.6 Å². The van der Waals surface area contributed by atoms with Crippen molar-refractivity contribution in [2.24, 2.45) is 5.10 Å². The van der Waals surface area contributed by atoms with Gasteiger partial charge >= 0.3 is 0 Å². The zero-order chi connectivity index (χ0) is 17.1. The molecular formula is C20H16N4O. The maximum Gasteiger partial charge on any atom is 0.184 e. The normalized spacial score (nSPS) is 11.2. The van der Waals surface area contributed by atoms with Crippen LogP contribution in [0.4, 0.5) is 0 Å². The van der Waals surface area contributed by atoms with Crippen molar-refractivity contribution in [1.82, 2.24) is 14.9 Å². The standard InChI is InChI=1S/C20H16N4O/c1-25-19-12-11-15-7-5-6-10-17(15)18(19)13-22-24-14-21-23-20(24)16-8-3-2-4-9-16/h2-14H,1H3/b22-13-. The molecule has 5 heteroatoms. The predicted molar refractivity (Wildman–Crippen MR) is 98.9 cm³/mol. The van der Waals surface area contributed by atoms with Crippen LogP contribution < -0.4 is 4.74 Å². The lowest BCUT2D eigenvalue weighted by molar-refractivity contribution is 0.415. The quantitative estimate of drug-likeness (QED) is 0.532. The van der Waals surface area contributed by atoms with Crippen molar-refractivity contribution in [3.63, 3.8) is 0 Å². The minimum Gasteiger partial charge on any atom is -0.496 e. The van der Waals surface area contributed by atoms with Crippen LogP contribution in [0, 0.1) is 0 Å². The first-order valence-electron chi connectivity index (χ1n) is 7.92. The minimum atomic E-state index is 0.691. The van der Waals surface area contributed by atoms with E-state index in [9.17, 15) is 0 Å². The molecule has 0 amide bonds. The highest BCUT2D eigenvalue weighted by Crippen LogP contribution is 2.26. The first kappa shape index (κ1) is 15.1. The Kier molecular flexibility index (Phi) is 3.96. The van der Waals surface area contributed by atoms with Crippen LogP contribution >= 0.6 is 0 Å². The maximum absolute atomic E-state index is 5.51. The van der Waals surface area contributed by atoms with Gasteiger partial charge in [0.2, 0.25) is 0 Å². The van der Waals surface area contributed by atoms with Gasteiger partial charge in [0.25, 0.3) is 0 Å². The highest BCUT2D eigenvalue weighted by molar-refractivity contribution is 6.02. The molecule has 0 aliphatic heterocycles. The second-order valence-corrected chi connectivity index (χ2v) is 5.51. The lowest BCUT2D eigenvalue weighted by Gasteiger charge is -2.08. The summed E-state index contributed by atoms with van der Waals surface area (Å²) in [6, 6.07) is 22.0. The molecule has 0 radical (unpaired) electrons. The molecule has 5 nitrogen and oxygen atoms in total. The van der Waals surface area contributed by atoms with Gasteiger partial charge in [0.15, 0.2) is 5.82 Å². The third kappa shape index (κ3) is 2.87. The van der Waals surface area contributed by atoms with Gasteiger partial charge in [-0.2, -0.15) is 9.78 Å². The summed E-state index contributed by atoms with van der Waals surface area (Å²) in [7, 11) is 1.66. The van der Waals surface area contributed by atoms with Crippen LogP contribution in [0.15, 0.2) is 78.2 Å². The molecule has 0 atom stereocenters. The molecule has 0 saturated heterocycles. The molecule has 0 unspecified atom stereocenters. The summed E-state index contributed by atoms with van der Waals surface area (Å²) in [4.78, 5) is 0. The highest BCUT2D eigenvalue weighted by atomic mass is 16.5. The van der Waals surface area contributed by atoms with Crippen molar-refractivity contribution in [3.05, 3.63) is 78.6 Å². The summed E-state index contributed by atoms with van der Waals surface area (Å²) in [6.45, 7) is 0. The first-order valence-corrected chi connectivity index (χ1v) is 7.92. The van der Waals surface area contributed by atoms with Gasteiger partial charge in [-0.05, 0) is 16.8 Å². The Morgan fingerprint density at radius 3 is 2.60 bits per heavy atom. The molecule has 25 heavy (non-hydrogen) atoms. The van der Waals surface area contributed by atoms with Crippen molar-refractivity contribution >= 4 is 17.0 Å². The fourth-order valence-corrected chi connectivity index (χ4v) is 2.80. The number of fused-ring (bicyclic) bond motifs is 1. The summed E-state index contributed by atoms with van der Waals surface area (Å²) >= 11 is 0. The Balaban J connectivity index is 1.79. The first-order chi connectivity index (χ1) is 12.4. The van der Waals surface area contributed by atoms with Gasteiger partial charge in [-0.25, -0.2) is 0 Å². The van der Waals surface area contributed by atoms with E-state index in [4.69, 9.17) is 4.74 Å². The molecule has 0 aliphatic carbocycles. The highest BCUT2D eigenvalue weighted by Gasteiger charge is 2.08. The van der Waals surface area contributed by atoms with E-state index in [1.165, 1.54) is 0 Å². The Morgan fingerprint density at radius 2 is 1.76 bits per heavy atom. The number of methoxy groups -OCH3 is 1. The van der Waals surface area contributed by atoms with Crippen LogP contribution in [0.1, 0.15) is 5.56 Å². The van der Waals surface area contributed by atoms with Crippen LogP contribution in [-0.2, 0) is 0 Å². The van der Waals surface area contributed by atoms with Gasteiger partial charge in [0, 0.05) is 11.1 Å². The molecule has 0 spiro atoms. The van der Waals surface area contributed by atoms with Crippen molar-refractivity contribution in [2.45, 2.75) is 0 Å². The van der Waals surface area contributed by atoms with Crippen LogP contribution in [-0.4, -0.2) is 28.2 Å². The molecule has 0 N–H and O–H groups in total. The Bertz CT molecular complexity index is 1040. The van der Waals surface area contributed by atoms with Gasteiger partial charge in [-0.15, -0.1) is 10.2 Å². The van der Waals surface area contributed by atoms with Crippen molar-refractivity contribution < 1.29 is 4.74 Å². The zero-order valence-electron chi connectivity index (χ0n) is 13.7. The van der Waals surface area contributed by atoms with E-state index >= 15 is 0 Å². The summed E-state index contributed by atoms with van der Waals surface area (Å²) in [5.41, 5.74) is 1.88. The largest absolute Gasteiger partial charge is 0.496 e. The van der Waals surface area contributed by atoms with Crippen LogP contribution in [0.5, 0.6) is 5.75 Å². The lowest BCUT2D eigenvalue weighted by Crippen LogP contribution is -1.96. The number of benzene rings is 3. The van der Waals surface area contributed by atoms with E-state index in [0.29, 0.717) is 5.82 Å². The second-order valence-electron chi connectivity index (χ2n) is 5.51. The lowest BCUT2D eigenvalue weighted by atomic mass is 10.0. The van der Waals surface area contributed by atoms with Gasteiger partial charge in [-0.1, -0.05) is 60.7 Å². The van der Waals surface area contributed by atoms with E-state index in [-0.39, 0.29) is 0 Å². The third-order valence-corrected chi connectivity index (χ3v) is 4.02. The topological polar surface area (TPSA) is 52.3 Å². The number of hydrogen-bond donors (Lipinski definition) is 0. The molecule has 0 bridgehead atoms. The molecule has 1 heterocycles. The minimum absolute atomic E-state index is 0.691. The zero-order valence-corrected chi connectivity index (χ0v) is 13.7. The number of aromatic nitrogens is 3. The Labute approximate surface area is 145 Å². The molecule has 4 rings (SSSR count). The smallest absolute Gasteiger partial charge is 0.184 e. The second kappa shape index (κ2) is 6.57. The number of nitrogens with zero attached hydrogens (tertiary/aromatic N) is 4. The fraction of sp³-hybridized carbons (Fsp3) is 0.0500. The van der Waals surface area contributed by atoms with Crippen molar-refractivity contribution in [2.75, 3.05) is 7.11 Å². The van der Waals surface area contributed by atoms with E-state index < -0.39 is 0 Å². The molecule has 0 saturated carbocycles. The van der Waals surface area contributed by atoms with Gasteiger partial charge < -0.3 is 4.74 Å². The number of hydrogen-bond acceptors (Lipinski definition) is 4. The number of ether oxygens (including phenoxy) is 1. The number of rotatable bonds is 4. The summed E-state index contributed by atoms with van der Waals surface area (Å²) in [6.07, 6.45) is 3.38. The van der Waals surface area contributed by atoms with E-state index in [0.717, 1.165) is 27.6 Å². The maximum atomic E-state index is 5.51. The molecule has 1 aromatic heterocycles. The predicted octanol–water partition coefficient (Wildman–Crippen LogP) is 3.99. The third-order valence-electron chi connectivity index (χ3n) is 4.02. The average molecular weight is 328 g/mol. The monoisotopic (exact) mass is 328 g/mol. The van der Waals surface area contributed by atoms with Crippen molar-refractivity contribution in [3.8, 4) is 17.1 Å². The molecule has 0 fully saturated rings. The van der Waals surface area contributed by atoms with Gasteiger partial charge in [0.05, 0.1) is 13.3 Å². The average Bonchev–Trinajstić information content (AvgIpc) is 3.15. The molecule has 3 aromatic carbocycles. The fourth-order valence-electron chi connectivity index (χ4n) is 2.80.